The molecule has 0 saturated heterocycles. The quantitative estimate of drug-likeness (QED) is 0.571. The molecule has 0 radical (unpaired) electrons. The van der Waals surface area contributed by atoms with Crippen molar-refractivity contribution in [1.82, 2.24) is 5.32 Å². The lowest BCUT2D eigenvalue weighted by molar-refractivity contribution is -0.121. The Morgan fingerprint density at radius 3 is 2.60 bits per heavy atom. The van der Waals surface area contributed by atoms with Crippen LogP contribution in [-0.4, -0.2) is 29.4 Å². The molecule has 0 aliphatic heterocycles. The van der Waals surface area contributed by atoms with Crippen molar-refractivity contribution in [1.29, 1.82) is 0 Å². The van der Waals surface area contributed by atoms with E-state index in [2.05, 4.69) is 5.32 Å². The molecule has 0 heterocycles. The fourth-order valence-corrected chi connectivity index (χ4v) is 2.47. The molecule has 1 atom stereocenters. The van der Waals surface area contributed by atoms with Gasteiger partial charge in [-0.3, -0.25) is 4.79 Å². The highest BCUT2D eigenvalue weighted by molar-refractivity contribution is 7.99. The van der Waals surface area contributed by atoms with Crippen molar-refractivity contribution in [2.45, 2.75) is 37.7 Å². The molecule has 5 heteroatoms. The number of nitrogens with one attached hydrogen (secondary N) is 1. The maximum Gasteiger partial charge on any atom is 0.220 e. The maximum absolute atomic E-state index is 11.6. The molecule has 3 nitrogen and oxygen atoms in total. The molecule has 0 aliphatic rings. The molecular formula is C15H22ClNO2S. The number of aliphatic hydroxyl groups excluding tert-OH is 1. The summed E-state index contributed by atoms with van der Waals surface area (Å²) in [4.78, 5) is 12.7. The van der Waals surface area contributed by atoms with Crippen LogP contribution in [0.3, 0.4) is 0 Å². The van der Waals surface area contributed by atoms with Crippen LogP contribution < -0.4 is 5.32 Å². The first kappa shape index (κ1) is 17.3. The average Bonchev–Trinajstić information content (AvgIpc) is 2.42. The number of halogens is 1. The summed E-state index contributed by atoms with van der Waals surface area (Å²) in [6.45, 7) is 4.19. The van der Waals surface area contributed by atoms with Crippen molar-refractivity contribution < 1.29 is 9.90 Å². The summed E-state index contributed by atoms with van der Waals surface area (Å²) >= 11 is 7.53. The fourth-order valence-electron chi connectivity index (χ4n) is 1.50. The number of carbonyl (C=O) groups is 1. The van der Waals surface area contributed by atoms with Gasteiger partial charge in [0.25, 0.3) is 0 Å². The number of carbonyl (C=O) groups excluding carboxylic acids is 1. The van der Waals surface area contributed by atoms with Crippen LogP contribution in [0.4, 0.5) is 0 Å². The maximum atomic E-state index is 11.6. The summed E-state index contributed by atoms with van der Waals surface area (Å²) in [6.07, 6.45) is 0.838. The Morgan fingerprint density at radius 1 is 1.35 bits per heavy atom. The number of hydrogen-bond acceptors (Lipinski definition) is 3. The topological polar surface area (TPSA) is 49.3 Å². The van der Waals surface area contributed by atoms with E-state index in [-0.39, 0.29) is 11.8 Å². The van der Waals surface area contributed by atoms with Crippen molar-refractivity contribution in [2.75, 3.05) is 12.3 Å². The SMILES string of the molecule is CC(C)C(O)CNC(=O)CCCSc1ccc(Cl)cc1. The molecule has 1 aromatic rings. The van der Waals surface area contributed by atoms with Gasteiger partial charge in [0.05, 0.1) is 6.10 Å². The highest BCUT2D eigenvalue weighted by atomic mass is 35.5. The summed E-state index contributed by atoms with van der Waals surface area (Å²) in [5, 5.41) is 13.1. The monoisotopic (exact) mass is 315 g/mol. The molecule has 0 saturated carbocycles. The Hall–Kier alpha value is -0.710. The Kier molecular flexibility index (Phi) is 8.04. The number of rotatable bonds is 8. The second-order valence-electron chi connectivity index (χ2n) is 5.02. The van der Waals surface area contributed by atoms with Crippen molar-refractivity contribution >= 4 is 29.3 Å². The molecule has 2 N–H and O–H groups in total. The standard InChI is InChI=1S/C15H22ClNO2S/c1-11(2)14(18)10-17-15(19)4-3-9-20-13-7-5-12(16)6-8-13/h5-8,11,14,18H,3-4,9-10H2,1-2H3,(H,17,19). The average molecular weight is 316 g/mol. The first-order valence-corrected chi connectivity index (χ1v) is 8.18. The summed E-state index contributed by atoms with van der Waals surface area (Å²) < 4.78 is 0. The van der Waals surface area contributed by atoms with E-state index in [9.17, 15) is 9.90 Å². The molecule has 1 unspecified atom stereocenters. The second kappa shape index (κ2) is 9.27. The van der Waals surface area contributed by atoms with E-state index in [1.165, 1.54) is 0 Å². The van der Waals surface area contributed by atoms with Gasteiger partial charge in [0.1, 0.15) is 0 Å². The van der Waals surface area contributed by atoms with Crippen molar-refractivity contribution in [2.24, 2.45) is 5.92 Å². The van der Waals surface area contributed by atoms with Gasteiger partial charge in [-0.2, -0.15) is 0 Å². The van der Waals surface area contributed by atoms with Crippen LogP contribution in [0, 0.1) is 5.92 Å². The molecule has 0 aromatic heterocycles. The lowest BCUT2D eigenvalue weighted by Crippen LogP contribution is -2.34. The van der Waals surface area contributed by atoms with Gasteiger partial charge in [-0.15, -0.1) is 11.8 Å². The van der Waals surface area contributed by atoms with Gasteiger partial charge in [-0.1, -0.05) is 25.4 Å². The van der Waals surface area contributed by atoms with Crippen LogP contribution in [0.2, 0.25) is 5.02 Å². The lowest BCUT2D eigenvalue weighted by Gasteiger charge is -2.14. The van der Waals surface area contributed by atoms with E-state index in [4.69, 9.17) is 11.6 Å². The van der Waals surface area contributed by atoms with Crippen LogP contribution in [-0.2, 0) is 4.79 Å². The lowest BCUT2D eigenvalue weighted by atomic mass is 10.1. The van der Waals surface area contributed by atoms with Gasteiger partial charge in [-0.25, -0.2) is 0 Å². The first-order valence-electron chi connectivity index (χ1n) is 6.82. The normalized spacial score (nSPS) is 12.4. The van der Waals surface area contributed by atoms with Crippen molar-refractivity contribution in [3.05, 3.63) is 29.3 Å². The molecule has 1 amide bonds. The summed E-state index contributed by atoms with van der Waals surface area (Å²) in [5.74, 6) is 1.05. The zero-order valence-electron chi connectivity index (χ0n) is 11.9. The van der Waals surface area contributed by atoms with Gasteiger partial charge in [0, 0.05) is 22.9 Å². The Bertz CT molecular complexity index is 409. The molecule has 1 rings (SSSR count). The second-order valence-corrected chi connectivity index (χ2v) is 6.63. The molecule has 0 fully saturated rings. The minimum atomic E-state index is -0.470. The summed E-state index contributed by atoms with van der Waals surface area (Å²) in [6, 6.07) is 7.69. The number of aliphatic hydroxyl groups is 1. The van der Waals surface area contributed by atoms with E-state index < -0.39 is 6.10 Å². The van der Waals surface area contributed by atoms with E-state index in [1.807, 2.05) is 38.1 Å². The van der Waals surface area contributed by atoms with Crippen LogP contribution >= 0.6 is 23.4 Å². The van der Waals surface area contributed by atoms with Crippen molar-refractivity contribution in [3.63, 3.8) is 0 Å². The zero-order chi connectivity index (χ0) is 15.0. The smallest absolute Gasteiger partial charge is 0.220 e. The van der Waals surface area contributed by atoms with Crippen LogP contribution in [0.15, 0.2) is 29.2 Å². The van der Waals surface area contributed by atoms with Gasteiger partial charge in [0.15, 0.2) is 0 Å². The predicted molar refractivity (Wildman–Crippen MR) is 85.3 cm³/mol. The molecule has 0 bridgehead atoms. The summed E-state index contributed by atoms with van der Waals surface area (Å²) in [5.41, 5.74) is 0. The van der Waals surface area contributed by atoms with E-state index >= 15 is 0 Å². The third kappa shape index (κ3) is 7.17. The van der Waals surface area contributed by atoms with E-state index in [1.54, 1.807) is 11.8 Å². The van der Waals surface area contributed by atoms with Gasteiger partial charge < -0.3 is 10.4 Å². The van der Waals surface area contributed by atoms with E-state index in [0.717, 1.165) is 22.1 Å². The highest BCUT2D eigenvalue weighted by Gasteiger charge is 2.10. The molecule has 112 valence electrons. The molecular weight excluding hydrogens is 294 g/mol. The minimum Gasteiger partial charge on any atom is -0.391 e. The minimum absolute atomic E-state index is 0.00130. The van der Waals surface area contributed by atoms with Crippen LogP contribution in [0.1, 0.15) is 26.7 Å². The Labute approximate surface area is 130 Å². The third-order valence-electron chi connectivity index (χ3n) is 2.91. The number of benzene rings is 1. The van der Waals surface area contributed by atoms with Crippen LogP contribution in [0.25, 0.3) is 0 Å². The largest absolute Gasteiger partial charge is 0.391 e. The highest BCUT2D eigenvalue weighted by Crippen LogP contribution is 2.21. The van der Waals surface area contributed by atoms with Gasteiger partial charge in [0.2, 0.25) is 5.91 Å². The number of amides is 1. The Balaban J connectivity index is 2.11. The zero-order valence-corrected chi connectivity index (χ0v) is 13.5. The molecule has 0 spiro atoms. The summed E-state index contributed by atoms with van der Waals surface area (Å²) in [7, 11) is 0. The van der Waals surface area contributed by atoms with E-state index in [0.29, 0.717) is 13.0 Å². The van der Waals surface area contributed by atoms with Crippen LogP contribution in [0.5, 0.6) is 0 Å². The first-order chi connectivity index (χ1) is 9.49. The number of thioether (sulfide) groups is 1. The molecule has 1 aromatic carbocycles. The predicted octanol–water partition coefficient (Wildman–Crippen LogP) is 3.35. The van der Waals surface area contributed by atoms with Gasteiger partial charge in [-0.05, 0) is 42.4 Å². The van der Waals surface area contributed by atoms with Crippen molar-refractivity contribution in [3.8, 4) is 0 Å². The van der Waals surface area contributed by atoms with Gasteiger partial charge >= 0.3 is 0 Å². The third-order valence-corrected chi connectivity index (χ3v) is 4.26. The number of hydrogen-bond donors (Lipinski definition) is 2. The Morgan fingerprint density at radius 2 is 2.00 bits per heavy atom. The molecule has 0 aliphatic carbocycles. The molecule has 20 heavy (non-hydrogen) atoms. The fraction of sp³-hybridized carbons (Fsp3) is 0.533.